The Morgan fingerprint density at radius 2 is 1.78 bits per heavy atom. The van der Waals surface area contributed by atoms with Gasteiger partial charge in [0.05, 0.1) is 19.8 Å². The van der Waals surface area contributed by atoms with Gasteiger partial charge < -0.3 is 20.5 Å². The lowest BCUT2D eigenvalue weighted by molar-refractivity contribution is 0.0992. The molecule has 0 atom stereocenters. The van der Waals surface area contributed by atoms with Crippen LogP contribution in [0.1, 0.15) is 18.3 Å². The van der Waals surface area contributed by atoms with Crippen molar-refractivity contribution in [3.8, 4) is 0 Å². The second-order valence-corrected chi connectivity index (χ2v) is 3.89. The molecule has 6 nitrogen and oxygen atoms in total. The summed E-state index contributed by atoms with van der Waals surface area (Å²) < 4.78 is 5.18. The SMILES string of the molecule is CCNc1nc(C)nc(NCCOCCO)c1C. The molecule has 0 fully saturated rings. The molecule has 0 bridgehead atoms. The van der Waals surface area contributed by atoms with Gasteiger partial charge in [0.15, 0.2) is 0 Å². The maximum Gasteiger partial charge on any atom is 0.134 e. The normalized spacial score (nSPS) is 10.4. The fourth-order valence-electron chi connectivity index (χ4n) is 1.55. The first-order chi connectivity index (χ1) is 8.69. The molecule has 0 saturated carbocycles. The highest BCUT2D eigenvalue weighted by molar-refractivity contribution is 5.57. The summed E-state index contributed by atoms with van der Waals surface area (Å²) in [6.45, 7) is 8.33. The van der Waals surface area contributed by atoms with Gasteiger partial charge in [-0.25, -0.2) is 9.97 Å². The summed E-state index contributed by atoms with van der Waals surface area (Å²) in [5.41, 5.74) is 1.00. The van der Waals surface area contributed by atoms with E-state index in [-0.39, 0.29) is 6.61 Å². The molecule has 0 aliphatic carbocycles. The van der Waals surface area contributed by atoms with Crippen molar-refractivity contribution in [2.24, 2.45) is 0 Å². The molecule has 0 aromatic carbocycles. The number of anilines is 2. The van der Waals surface area contributed by atoms with Gasteiger partial charge in [0.1, 0.15) is 17.5 Å². The van der Waals surface area contributed by atoms with Crippen LogP contribution in [0.2, 0.25) is 0 Å². The molecular weight excluding hydrogens is 232 g/mol. The molecule has 3 N–H and O–H groups in total. The van der Waals surface area contributed by atoms with E-state index >= 15 is 0 Å². The topological polar surface area (TPSA) is 79.3 Å². The van der Waals surface area contributed by atoms with Crippen LogP contribution in [0.5, 0.6) is 0 Å². The van der Waals surface area contributed by atoms with E-state index < -0.39 is 0 Å². The summed E-state index contributed by atoms with van der Waals surface area (Å²) in [4.78, 5) is 8.72. The Labute approximate surface area is 108 Å². The molecule has 18 heavy (non-hydrogen) atoms. The minimum absolute atomic E-state index is 0.0518. The molecular formula is C12H22N4O2. The number of ether oxygens (including phenoxy) is 1. The molecule has 1 rings (SSSR count). The first-order valence-corrected chi connectivity index (χ1v) is 6.20. The lowest BCUT2D eigenvalue weighted by atomic mass is 10.3. The lowest BCUT2D eigenvalue weighted by Gasteiger charge is -2.13. The zero-order valence-electron chi connectivity index (χ0n) is 11.3. The number of aliphatic hydroxyl groups is 1. The van der Waals surface area contributed by atoms with Gasteiger partial charge in [0.25, 0.3) is 0 Å². The van der Waals surface area contributed by atoms with Crippen molar-refractivity contribution < 1.29 is 9.84 Å². The van der Waals surface area contributed by atoms with Crippen molar-refractivity contribution in [2.75, 3.05) is 43.5 Å². The highest BCUT2D eigenvalue weighted by Gasteiger charge is 2.07. The van der Waals surface area contributed by atoms with E-state index in [2.05, 4.69) is 20.6 Å². The van der Waals surface area contributed by atoms with Crippen LogP contribution in [0.4, 0.5) is 11.6 Å². The molecule has 0 radical (unpaired) electrons. The van der Waals surface area contributed by atoms with Crippen molar-refractivity contribution in [3.05, 3.63) is 11.4 Å². The van der Waals surface area contributed by atoms with Gasteiger partial charge in [0, 0.05) is 18.7 Å². The van der Waals surface area contributed by atoms with E-state index in [9.17, 15) is 0 Å². The summed E-state index contributed by atoms with van der Waals surface area (Å²) >= 11 is 0. The predicted octanol–water partition coefficient (Wildman–Crippen LogP) is 0.946. The van der Waals surface area contributed by atoms with Gasteiger partial charge >= 0.3 is 0 Å². The molecule has 0 aliphatic heterocycles. The molecule has 1 aromatic heterocycles. The lowest BCUT2D eigenvalue weighted by Crippen LogP contribution is -2.15. The molecule has 0 unspecified atom stereocenters. The maximum atomic E-state index is 8.58. The fourth-order valence-corrected chi connectivity index (χ4v) is 1.55. The third-order valence-electron chi connectivity index (χ3n) is 2.38. The van der Waals surface area contributed by atoms with Gasteiger partial charge in [-0.3, -0.25) is 0 Å². The summed E-state index contributed by atoms with van der Waals surface area (Å²) in [5.74, 6) is 2.42. The third kappa shape index (κ3) is 4.46. The number of nitrogens with zero attached hydrogens (tertiary/aromatic N) is 2. The Hall–Kier alpha value is -1.40. The van der Waals surface area contributed by atoms with Gasteiger partial charge in [0.2, 0.25) is 0 Å². The second kappa shape index (κ2) is 7.84. The monoisotopic (exact) mass is 254 g/mol. The van der Waals surface area contributed by atoms with Gasteiger partial charge in [-0.15, -0.1) is 0 Å². The number of nitrogens with one attached hydrogen (secondary N) is 2. The van der Waals surface area contributed by atoms with E-state index in [0.717, 1.165) is 29.6 Å². The number of aliphatic hydroxyl groups excluding tert-OH is 1. The highest BCUT2D eigenvalue weighted by Crippen LogP contribution is 2.19. The zero-order chi connectivity index (χ0) is 13.4. The number of rotatable bonds is 8. The Morgan fingerprint density at radius 1 is 1.11 bits per heavy atom. The standard InChI is InChI=1S/C12H22N4O2/c1-4-13-11-9(2)12(16-10(3)15-11)14-5-7-18-8-6-17/h17H,4-8H2,1-3H3,(H2,13,14,15,16). The average molecular weight is 254 g/mol. The van der Waals surface area contributed by atoms with Crippen LogP contribution in [0, 0.1) is 13.8 Å². The van der Waals surface area contributed by atoms with E-state index in [1.807, 2.05) is 20.8 Å². The predicted molar refractivity (Wildman–Crippen MR) is 72.1 cm³/mol. The smallest absolute Gasteiger partial charge is 0.134 e. The highest BCUT2D eigenvalue weighted by atomic mass is 16.5. The summed E-state index contributed by atoms with van der Waals surface area (Å²) in [7, 11) is 0. The van der Waals surface area contributed by atoms with Gasteiger partial charge in [-0.05, 0) is 20.8 Å². The Kier molecular flexibility index (Phi) is 6.38. The maximum absolute atomic E-state index is 8.58. The van der Waals surface area contributed by atoms with Crippen LogP contribution in [-0.2, 0) is 4.74 Å². The van der Waals surface area contributed by atoms with Crippen molar-refractivity contribution >= 4 is 11.6 Å². The van der Waals surface area contributed by atoms with E-state index in [1.54, 1.807) is 0 Å². The fraction of sp³-hybridized carbons (Fsp3) is 0.667. The quantitative estimate of drug-likeness (QED) is 0.599. The van der Waals surface area contributed by atoms with Crippen molar-refractivity contribution in [1.82, 2.24) is 9.97 Å². The Balaban J connectivity index is 2.58. The first kappa shape index (κ1) is 14.7. The first-order valence-electron chi connectivity index (χ1n) is 6.20. The summed E-state index contributed by atoms with van der Waals surface area (Å²) in [6.07, 6.45) is 0. The third-order valence-corrected chi connectivity index (χ3v) is 2.38. The number of hydrogen-bond acceptors (Lipinski definition) is 6. The van der Waals surface area contributed by atoms with Crippen molar-refractivity contribution in [2.45, 2.75) is 20.8 Å². The van der Waals surface area contributed by atoms with Crippen LogP contribution < -0.4 is 10.6 Å². The zero-order valence-corrected chi connectivity index (χ0v) is 11.3. The summed E-state index contributed by atoms with van der Waals surface area (Å²) in [6, 6.07) is 0. The van der Waals surface area contributed by atoms with Crippen molar-refractivity contribution in [3.63, 3.8) is 0 Å². The van der Waals surface area contributed by atoms with Gasteiger partial charge in [-0.1, -0.05) is 0 Å². The van der Waals surface area contributed by atoms with E-state index in [4.69, 9.17) is 9.84 Å². The van der Waals surface area contributed by atoms with Gasteiger partial charge in [-0.2, -0.15) is 0 Å². The van der Waals surface area contributed by atoms with Crippen molar-refractivity contribution in [1.29, 1.82) is 0 Å². The molecule has 0 amide bonds. The average Bonchev–Trinajstić information content (AvgIpc) is 2.34. The molecule has 1 aromatic rings. The molecule has 102 valence electrons. The van der Waals surface area contributed by atoms with Crippen LogP contribution in [-0.4, -0.2) is 48.0 Å². The number of hydrogen-bond donors (Lipinski definition) is 3. The van der Waals surface area contributed by atoms with Crippen LogP contribution in [0.15, 0.2) is 0 Å². The molecule has 6 heteroatoms. The Morgan fingerprint density at radius 3 is 2.39 bits per heavy atom. The van der Waals surface area contributed by atoms with E-state index in [0.29, 0.717) is 19.8 Å². The number of aromatic nitrogens is 2. The molecule has 0 spiro atoms. The minimum Gasteiger partial charge on any atom is -0.394 e. The second-order valence-electron chi connectivity index (χ2n) is 3.89. The van der Waals surface area contributed by atoms with Crippen LogP contribution in [0.25, 0.3) is 0 Å². The van der Waals surface area contributed by atoms with E-state index in [1.165, 1.54) is 0 Å². The number of aryl methyl sites for hydroxylation is 1. The Bertz CT molecular complexity index is 371. The largest absolute Gasteiger partial charge is 0.394 e. The van der Waals surface area contributed by atoms with Crippen LogP contribution >= 0.6 is 0 Å². The molecule has 1 heterocycles. The molecule has 0 aliphatic rings. The molecule has 0 saturated heterocycles. The van der Waals surface area contributed by atoms with Crippen LogP contribution in [0.3, 0.4) is 0 Å². The summed E-state index contributed by atoms with van der Waals surface area (Å²) in [5, 5.41) is 15.0. The minimum atomic E-state index is 0.0518.